The van der Waals surface area contributed by atoms with E-state index in [1.165, 1.54) is 0 Å². The topological polar surface area (TPSA) is 78.9 Å². The van der Waals surface area contributed by atoms with Crippen molar-refractivity contribution in [3.63, 3.8) is 0 Å². The predicted octanol–water partition coefficient (Wildman–Crippen LogP) is 4.39. The first kappa shape index (κ1) is 26.5. The van der Waals surface area contributed by atoms with Gasteiger partial charge in [-0.3, -0.25) is 0 Å². The molecule has 0 saturated carbocycles. The van der Waals surface area contributed by atoms with Crippen LogP contribution < -0.4 is 0 Å². The molecule has 0 aliphatic heterocycles. The van der Waals surface area contributed by atoms with E-state index in [2.05, 4.69) is 19.7 Å². The van der Waals surface area contributed by atoms with Gasteiger partial charge in [-0.05, 0) is 0 Å². The Balaban J connectivity index is 4.28. The minimum atomic E-state index is -1.76. The molecule has 0 heterocycles. The second-order valence-electron chi connectivity index (χ2n) is 6.81. The van der Waals surface area contributed by atoms with Crippen molar-refractivity contribution >= 4 is 17.9 Å². The van der Waals surface area contributed by atoms with Gasteiger partial charge in [0.2, 0.25) is 0 Å². The standard InChI is InChI=1S/3C7H11O2.Zr/c3*1-4-5-9-7(8)6(2)3;/h3*1-2,4-5H2,3H3;/q;;;+1. The van der Waals surface area contributed by atoms with Crippen LogP contribution in [0.2, 0.25) is 12.4 Å². The molecule has 0 aromatic heterocycles. The monoisotopic (exact) mass is 471 g/mol. The van der Waals surface area contributed by atoms with E-state index in [0.29, 0.717) is 36.5 Å². The maximum atomic E-state index is 11.4. The maximum absolute atomic E-state index is 11.4. The Kier molecular flexibility index (Phi) is 14.6. The van der Waals surface area contributed by atoms with E-state index < -0.39 is 21.8 Å². The van der Waals surface area contributed by atoms with Crippen molar-refractivity contribution in [2.45, 2.75) is 52.4 Å². The van der Waals surface area contributed by atoms with Gasteiger partial charge in [-0.2, -0.15) is 0 Å². The molecule has 0 saturated heterocycles. The van der Waals surface area contributed by atoms with Crippen molar-refractivity contribution in [2.24, 2.45) is 0 Å². The molecule has 0 N–H and O–H groups in total. The van der Waals surface area contributed by atoms with E-state index in [-0.39, 0.29) is 17.9 Å². The summed E-state index contributed by atoms with van der Waals surface area (Å²) >= 11 is -1.76. The molecule has 0 atom stereocenters. The number of rotatable bonds is 15. The van der Waals surface area contributed by atoms with Crippen molar-refractivity contribution in [3.05, 3.63) is 36.5 Å². The summed E-state index contributed by atoms with van der Waals surface area (Å²) in [6.07, 6.45) is 2.47. The van der Waals surface area contributed by atoms with Gasteiger partial charge in [0.05, 0.1) is 0 Å². The molecule has 0 fully saturated rings. The molecule has 0 rings (SSSR count). The second-order valence-corrected chi connectivity index (χ2v) is 14.2. The van der Waals surface area contributed by atoms with Crippen LogP contribution in [0.1, 0.15) is 40.0 Å². The van der Waals surface area contributed by atoms with E-state index in [4.69, 9.17) is 14.2 Å². The van der Waals surface area contributed by atoms with Crippen LogP contribution in [0.4, 0.5) is 0 Å². The molecule has 0 amide bonds. The first-order chi connectivity index (χ1) is 13.1. The van der Waals surface area contributed by atoms with Gasteiger partial charge in [0.25, 0.3) is 0 Å². The van der Waals surface area contributed by atoms with Crippen LogP contribution in [-0.4, -0.2) is 37.7 Å². The van der Waals surface area contributed by atoms with Gasteiger partial charge >= 0.3 is 177 Å². The summed E-state index contributed by atoms with van der Waals surface area (Å²) in [5.74, 6) is -1.07. The number of esters is 3. The average Bonchev–Trinajstić information content (AvgIpc) is 2.63. The minimum absolute atomic E-state index is 0.358. The van der Waals surface area contributed by atoms with Gasteiger partial charge in [-0.25, -0.2) is 0 Å². The van der Waals surface area contributed by atoms with Crippen molar-refractivity contribution in [3.8, 4) is 0 Å². The zero-order chi connectivity index (χ0) is 21.5. The molecule has 0 unspecified atom stereocenters. The number of carbonyl (C=O) groups is 3. The fourth-order valence-electron chi connectivity index (χ4n) is 2.21. The molecule has 0 bridgehead atoms. The van der Waals surface area contributed by atoms with Crippen LogP contribution in [0.15, 0.2) is 36.5 Å². The molecule has 6 nitrogen and oxygen atoms in total. The molecule has 28 heavy (non-hydrogen) atoms. The Labute approximate surface area is 176 Å². The average molecular weight is 473 g/mol. The first-order valence-corrected chi connectivity index (χ1v) is 14.7. The normalized spacial score (nSPS) is 9.96. The second kappa shape index (κ2) is 15.4. The zero-order valence-electron chi connectivity index (χ0n) is 17.4. The summed E-state index contributed by atoms with van der Waals surface area (Å²) in [6.45, 7) is 16.8. The van der Waals surface area contributed by atoms with Gasteiger partial charge in [0.1, 0.15) is 0 Å². The number of hydrogen-bond donors (Lipinski definition) is 0. The van der Waals surface area contributed by atoms with E-state index in [1.807, 2.05) is 0 Å². The summed E-state index contributed by atoms with van der Waals surface area (Å²) in [6, 6.07) is 0. The number of hydrogen-bond acceptors (Lipinski definition) is 6. The van der Waals surface area contributed by atoms with Crippen molar-refractivity contribution < 1.29 is 50.3 Å². The van der Waals surface area contributed by atoms with E-state index in [0.717, 1.165) is 31.6 Å². The van der Waals surface area contributed by atoms with E-state index >= 15 is 0 Å². The first-order valence-electron chi connectivity index (χ1n) is 9.46. The Bertz CT molecular complexity index is 501. The van der Waals surface area contributed by atoms with Gasteiger partial charge in [-0.15, -0.1) is 0 Å². The molecular weight excluding hydrogens is 439 g/mol. The molecule has 0 spiro atoms. The summed E-state index contributed by atoms with van der Waals surface area (Å²) in [7, 11) is 0. The van der Waals surface area contributed by atoms with Crippen LogP contribution in [-0.2, 0) is 50.3 Å². The number of carbonyl (C=O) groups excluding carboxylic acids is 3. The molecular formula is C21H33O6Zr+. The van der Waals surface area contributed by atoms with Crippen LogP contribution in [0.3, 0.4) is 0 Å². The predicted molar refractivity (Wildman–Crippen MR) is 106 cm³/mol. The number of ether oxygens (including phenoxy) is 3. The third-order valence-corrected chi connectivity index (χ3v) is 11.6. The Hall–Kier alpha value is -1.49. The van der Waals surface area contributed by atoms with Gasteiger partial charge in [-0.1, -0.05) is 0 Å². The van der Waals surface area contributed by atoms with Crippen molar-refractivity contribution in [1.29, 1.82) is 0 Å². The van der Waals surface area contributed by atoms with Crippen LogP contribution in [0.25, 0.3) is 0 Å². The molecule has 7 heteroatoms. The van der Waals surface area contributed by atoms with Gasteiger partial charge in [0.15, 0.2) is 0 Å². The third-order valence-electron chi connectivity index (χ3n) is 3.77. The van der Waals surface area contributed by atoms with Crippen LogP contribution >= 0.6 is 0 Å². The Morgan fingerprint density at radius 3 is 1.07 bits per heavy atom. The fraction of sp³-hybridized carbons (Fsp3) is 0.571. The summed E-state index contributed by atoms with van der Waals surface area (Å²) in [4.78, 5) is 34.3. The van der Waals surface area contributed by atoms with Crippen LogP contribution in [0, 0.1) is 0 Å². The zero-order valence-corrected chi connectivity index (χ0v) is 19.9. The Morgan fingerprint density at radius 2 is 0.857 bits per heavy atom. The van der Waals surface area contributed by atoms with Gasteiger partial charge in [0, 0.05) is 0 Å². The summed E-state index contributed by atoms with van der Waals surface area (Å²) in [5, 5.41) is 0. The molecule has 0 aliphatic rings. The summed E-state index contributed by atoms with van der Waals surface area (Å²) < 4.78 is 18.7. The third kappa shape index (κ3) is 13.6. The molecule has 0 aliphatic carbocycles. The quantitative estimate of drug-likeness (QED) is 0.152. The van der Waals surface area contributed by atoms with Gasteiger partial charge < -0.3 is 0 Å². The van der Waals surface area contributed by atoms with Crippen LogP contribution in [0.5, 0.6) is 0 Å². The summed E-state index contributed by atoms with van der Waals surface area (Å²) in [5.41, 5.74) is 1.20. The molecule has 156 valence electrons. The van der Waals surface area contributed by atoms with E-state index in [1.54, 1.807) is 20.8 Å². The fourth-order valence-corrected chi connectivity index (χ4v) is 8.80. The molecule has 0 aromatic carbocycles. The van der Waals surface area contributed by atoms with E-state index in [9.17, 15) is 14.4 Å². The molecule has 0 radical (unpaired) electrons. The Morgan fingerprint density at radius 1 is 0.607 bits per heavy atom. The van der Waals surface area contributed by atoms with Crippen molar-refractivity contribution in [2.75, 3.05) is 19.8 Å². The SMILES string of the molecule is C=C(C)C(=O)OCC[CH2][Zr+]([CH2]CCOC(=O)C(=C)C)[CH2]CCOC(=O)C(=C)C. The van der Waals surface area contributed by atoms with Crippen molar-refractivity contribution in [1.82, 2.24) is 0 Å². The molecule has 0 aromatic rings.